The summed E-state index contributed by atoms with van der Waals surface area (Å²) < 4.78 is 1.73. The summed E-state index contributed by atoms with van der Waals surface area (Å²) in [7, 11) is 1.43. The van der Waals surface area contributed by atoms with Crippen LogP contribution in [0.15, 0.2) is 35.3 Å². The van der Waals surface area contributed by atoms with E-state index < -0.39 is 0 Å². The van der Waals surface area contributed by atoms with Gasteiger partial charge in [-0.05, 0) is 23.4 Å². The third-order valence-electron chi connectivity index (χ3n) is 3.34. The van der Waals surface area contributed by atoms with E-state index >= 15 is 0 Å². The van der Waals surface area contributed by atoms with Gasteiger partial charge in [0.25, 0.3) is 5.56 Å². The Morgan fingerprint density at radius 3 is 2.62 bits per heavy atom. The molecule has 1 unspecified atom stereocenters. The van der Waals surface area contributed by atoms with Crippen LogP contribution in [-0.4, -0.2) is 23.1 Å². The predicted molar refractivity (Wildman–Crippen MR) is 83.9 cm³/mol. The summed E-state index contributed by atoms with van der Waals surface area (Å²) in [6.45, 7) is 4.95. The Balaban J connectivity index is 0.000000677. The van der Waals surface area contributed by atoms with Gasteiger partial charge >= 0.3 is 0 Å². The number of rotatable bonds is 4. The third-order valence-corrected chi connectivity index (χ3v) is 3.34. The number of nitrogens with one attached hydrogen (secondary N) is 1. The van der Waals surface area contributed by atoms with E-state index in [4.69, 9.17) is 5.21 Å². The smallest absolute Gasteiger partial charge is 0.258 e. The molecule has 2 rings (SSSR count). The average Bonchev–Trinajstić information content (AvgIpc) is 2.50. The number of carbonyl (C=O) groups is 1. The molecule has 1 heterocycles. The molecular weight excluding hydrogens is 268 g/mol. The zero-order valence-electron chi connectivity index (χ0n) is 12.7. The molecule has 1 aromatic carbocycles. The lowest BCUT2D eigenvalue weighted by Gasteiger charge is -2.12. The minimum absolute atomic E-state index is 0.0171. The van der Waals surface area contributed by atoms with Crippen molar-refractivity contribution in [1.29, 1.82) is 0 Å². The van der Waals surface area contributed by atoms with Gasteiger partial charge in [-0.25, -0.2) is 5.48 Å². The topological polar surface area (TPSA) is 71.3 Å². The highest BCUT2D eigenvalue weighted by Gasteiger charge is 2.06. The lowest BCUT2D eigenvalue weighted by Crippen LogP contribution is -2.22. The first-order valence-electron chi connectivity index (χ1n) is 6.96. The van der Waals surface area contributed by atoms with Crippen LogP contribution in [-0.2, 0) is 6.54 Å². The molecule has 0 saturated carbocycles. The SMILES string of the molecule is CCC(C)Cn1ccc2ccc(C=O)cc2c1=O.CNO. The highest BCUT2D eigenvalue weighted by molar-refractivity contribution is 5.88. The Bertz CT molecular complexity index is 650. The zero-order valence-corrected chi connectivity index (χ0v) is 12.7. The highest BCUT2D eigenvalue weighted by Crippen LogP contribution is 2.12. The van der Waals surface area contributed by atoms with E-state index in [9.17, 15) is 9.59 Å². The van der Waals surface area contributed by atoms with Crippen molar-refractivity contribution in [2.75, 3.05) is 7.05 Å². The first kappa shape index (κ1) is 17.1. The Kier molecular flexibility index (Phi) is 6.78. The number of hydroxylamine groups is 1. The summed E-state index contributed by atoms with van der Waals surface area (Å²) in [5, 5.41) is 8.82. The number of fused-ring (bicyclic) bond motifs is 1. The van der Waals surface area contributed by atoms with E-state index in [0.29, 0.717) is 16.9 Å². The van der Waals surface area contributed by atoms with E-state index in [1.807, 2.05) is 18.3 Å². The van der Waals surface area contributed by atoms with Crippen LogP contribution in [0, 0.1) is 5.92 Å². The van der Waals surface area contributed by atoms with Gasteiger partial charge in [-0.15, -0.1) is 0 Å². The second-order valence-electron chi connectivity index (χ2n) is 4.97. The molecular formula is C16H22N2O3. The molecule has 0 fully saturated rings. The van der Waals surface area contributed by atoms with Crippen LogP contribution in [0.3, 0.4) is 0 Å². The van der Waals surface area contributed by atoms with Crippen LogP contribution in [0.4, 0.5) is 0 Å². The third kappa shape index (κ3) is 4.51. The van der Waals surface area contributed by atoms with Crippen molar-refractivity contribution in [3.63, 3.8) is 0 Å². The number of pyridine rings is 1. The Morgan fingerprint density at radius 2 is 2.05 bits per heavy atom. The van der Waals surface area contributed by atoms with Crippen molar-refractivity contribution >= 4 is 17.1 Å². The van der Waals surface area contributed by atoms with Gasteiger partial charge in [0.15, 0.2) is 0 Å². The van der Waals surface area contributed by atoms with Crippen LogP contribution in [0.1, 0.15) is 30.6 Å². The minimum atomic E-state index is -0.0171. The van der Waals surface area contributed by atoms with Crippen LogP contribution in [0.25, 0.3) is 10.8 Å². The molecule has 114 valence electrons. The molecule has 5 nitrogen and oxygen atoms in total. The molecule has 0 aliphatic heterocycles. The van der Waals surface area contributed by atoms with Crippen molar-refractivity contribution in [2.24, 2.45) is 5.92 Å². The molecule has 0 aliphatic carbocycles. The summed E-state index contributed by atoms with van der Waals surface area (Å²) in [5.74, 6) is 0.467. The Hall–Kier alpha value is -1.98. The van der Waals surface area contributed by atoms with Gasteiger partial charge in [-0.1, -0.05) is 32.4 Å². The normalized spacial score (nSPS) is 11.6. The maximum Gasteiger partial charge on any atom is 0.258 e. The molecule has 0 aliphatic rings. The second-order valence-corrected chi connectivity index (χ2v) is 4.97. The monoisotopic (exact) mass is 290 g/mol. The summed E-state index contributed by atoms with van der Waals surface area (Å²) >= 11 is 0. The lowest BCUT2D eigenvalue weighted by molar-refractivity contribution is 0.112. The number of hydrogen-bond acceptors (Lipinski definition) is 4. The molecule has 5 heteroatoms. The predicted octanol–water partition coefficient (Wildman–Crippen LogP) is 2.46. The van der Waals surface area contributed by atoms with E-state index in [0.717, 1.165) is 24.6 Å². The average molecular weight is 290 g/mol. The summed E-state index contributed by atoms with van der Waals surface area (Å²) in [4.78, 5) is 23.1. The quantitative estimate of drug-likeness (QED) is 0.670. The largest absolute Gasteiger partial charge is 0.317 e. The molecule has 21 heavy (non-hydrogen) atoms. The molecule has 0 amide bonds. The Morgan fingerprint density at radius 1 is 1.38 bits per heavy atom. The number of aromatic nitrogens is 1. The van der Waals surface area contributed by atoms with Crippen LogP contribution < -0.4 is 11.0 Å². The standard InChI is InChI=1S/C15H17NO2.CH5NO/c1-3-11(2)9-16-7-6-13-5-4-12(10-17)8-14(13)15(16)18;1-2-3/h4-8,10-11H,3,9H2,1-2H3;2-3H,1H3. The van der Waals surface area contributed by atoms with Crippen LogP contribution >= 0.6 is 0 Å². The number of aldehydes is 1. The highest BCUT2D eigenvalue weighted by atomic mass is 16.5. The second kappa shape index (κ2) is 8.34. The van der Waals surface area contributed by atoms with Crippen LogP contribution in [0.2, 0.25) is 0 Å². The molecule has 2 aromatic rings. The minimum Gasteiger partial charge on any atom is -0.317 e. The summed E-state index contributed by atoms with van der Waals surface area (Å²) in [6, 6.07) is 7.13. The van der Waals surface area contributed by atoms with Crippen molar-refractivity contribution in [3.8, 4) is 0 Å². The van der Waals surface area contributed by atoms with Gasteiger partial charge in [-0.2, -0.15) is 0 Å². The number of hydrogen-bond donors (Lipinski definition) is 2. The van der Waals surface area contributed by atoms with E-state index in [1.54, 1.807) is 22.2 Å². The van der Waals surface area contributed by atoms with Crippen molar-refractivity contribution in [2.45, 2.75) is 26.8 Å². The molecule has 1 atom stereocenters. The number of nitrogens with zero attached hydrogens (tertiary/aromatic N) is 1. The first-order chi connectivity index (χ1) is 10.1. The lowest BCUT2D eigenvalue weighted by atomic mass is 10.1. The molecule has 2 N–H and O–H groups in total. The summed E-state index contributed by atoms with van der Waals surface area (Å²) in [6.07, 6.45) is 3.64. The first-order valence-corrected chi connectivity index (χ1v) is 6.96. The maximum absolute atomic E-state index is 12.3. The van der Waals surface area contributed by atoms with Crippen molar-refractivity contribution in [1.82, 2.24) is 10.0 Å². The molecule has 0 spiro atoms. The number of carbonyl (C=O) groups excluding carboxylic acids is 1. The fourth-order valence-corrected chi connectivity index (χ4v) is 1.98. The van der Waals surface area contributed by atoms with Gasteiger partial charge in [0.05, 0.1) is 0 Å². The van der Waals surface area contributed by atoms with E-state index in [2.05, 4.69) is 13.8 Å². The Labute approximate surface area is 124 Å². The molecule has 0 saturated heterocycles. The fraction of sp³-hybridized carbons (Fsp3) is 0.375. The maximum atomic E-state index is 12.3. The van der Waals surface area contributed by atoms with E-state index in [-0.39, 0.29) is 5.56 Å². The molecule has 1 aromatic heterocycles. The van der Waals surface area contributed by atoms with Gasteiger partial charge in [0.2, 0.25) is 0 Å². The van der Waals surface area contributed by atoms with Gasteiger partial charge in [-0.3, -0.25) is 9.59 Å². The van der Waals surface area contributed by atoms with Gasteiger partial charge in [0, 0.05) is 30.7 Å². The zero-order chi connectivity index (χ0) is 15.8. The van der Waals surface area contributed by atoms with Crippen LogP contribution in [0.5, 0.6) is 0 Å². The van der Waals surface area contributed by atoms with Crippen molar-refractivity contribution < 1.29 is 10.0 Å². The van der Waals surface area contributed by atoms with E-state index in [1.165, 1.54) is 7.05 Å². The van der Waals surface area contributed by atoms with Gasteiger partial charge < -0.3 is 9.77 Å². The van der Waals surface area contributed by atoms with Gasteiger partial charge in [0.1, 0.15) is 6.29 Å². The fourth-order valence-electron chi connectivity index (χ4n) is 1.98. The van der Waals surface area contributed by atoms with Crippen molar-refractivity contribution in [3.05, 3.63) is 46.4 Å². The molecule has 0 bridgehead atoms. The summed E-state index contributed by atoms with van der Waals surface area (Å²) in [5.41, 5.74) is 2.28. The number of benzene rings is 1. The molecule has 0 radical (unpaired) electrons.